The Morgan fingerprint density at radius 1 is 1.20 bits per heavy atom. The molecule has 0 spiro atoms. The molecule has 0 radical (unpaired) electrons. The number of hydrogen-bond acceptors (Lipinski definition) is 8. The number of hydrogen-bond donors (Lipinski definition) is 2. The van der Waals surface area contributed by atoms with Crippen molar-refractivity contribution in [3.63, 3.8) is 0 Å². The van der Waals surface area contributed by atoms with Crippen LogP contribution in [0.1, 0.15) is 61.4 Å². The predicted octanol–water partition coefficient (Wildman–Crippen LogP) is 3.96. The summed E-state index contributed by atoms with van der Waals surface area (Å²) in [7, 11) is 5.25. The summed E-state index contributed by atoms with van der Waals surface area (Å²) in [6, 6.07) is 6.82. The van der Waals surface area contributed by atoms with E-state index in [0.29, 0.717) is 48.5 Å². The van der Waals surface area contributed by atoms with E-state index in [2.05, 4.69) is 20.4 Å². The first-order valence-corrected chi connectivity index (χ1v) is 13.4. The van der Waals surface area contributed by atoms with Crippen LogP contribution in [0.2, 0.25) is 0 Å². The van der Waals surface area contributed by atoms with Crippen LogP contribution in [0.3, 0.4) is 0 Å². The van der Waals surface area contributed by atoms with Crippen LogP contribution < -0.4 is 15.6 Å². The molecule has 212 valence electrons. The van der Waals surface area contributed by atoms with Gasteiger partial charge in [-0.3, -0.25) is 14.4 Å². The summed E-state index contributed by atoms with van der Waals surface area (Å²) in [6.45, 7) is 2.77. The van der Waals surface area contributed by atoms with Crippen LogP contribution in [0.4, 0.5) is 0 Å². The van der Waals surface area contributed by atoms with E-state index in [4.69, 9.17) is 9.26 Å². The van der Waals surface area contributed by atoms with Crippen LogP contribution in [0.15, 0.2) is 52.2 Å². The Hall–Kier alpha value is -4.25. The summed E-state index contributed by atoms with van der Waals surface area (Å²) in [4.78, 5) is 47.4. The van der Waals surface area contributed by atoms with Crippen LogP contribution in [0.5, 0.6) is 5.75 Å². The number of likely N-dealkylation sites (N-methyl/N-ethyl adjacent to an activating group) is 1. The molecular formula is C29H36N6O5. The Bertz CT molecular complexity index is 1510. The van der Waals surface area contributed by atoms with E-state index in [-0.39, 0.29) is 29.8 Å². The molecule has 40 heavy (non-hydrogen) atoms. The van der Waals surface area contributed by atoms with Crippen molar-refractivity contribution < 1.29 is 18.8 Å². The second-order valence-corrected chi connectivity index (χ2v) is 9.99. The third-order valence-corrected chi connectivity index (χ3v) is 6.77. The molecule has 0 aliphatic heterocycles. The first-order chi connectivity index (χ1) is 19.3. The van der Waals surface area contributed by atoms with Gasteiger partial charge in [-0.1, -0.05) is 18.0 Å². The highest BCUT2D eigenvalue weighted by molar-refractivity contribution is 5.93. The molecule has 0 saturated heterocycles. The van der Waals surface area contributed by atoms with E-state index in [1.165, 1.54) is 6.26 Å². The molecule has 0 saturated carbocycles. The van der Waals surface area contributed by atoms with E-state index in [0.717, 1.165) is 29.5 Å². The van der Waals surface area contributed by atoms with E-state index in [1.54, 1.807) is 36.2 Å². The number of ketones is 1. The number of Topliss-reactive ketones (excluding diaryl/α,β-unsaturated/α-hetero) is 1. The maximum absolute atomic E-state index is 12.8. The fraction of sp³-hybridized carbons (Fsp3) is 0.414. The number of ether oxygens (including phenoxy) is 1. The molecule has 3 aromatic heterocycles. The molecule has 0 aliphatic rings. The number of benzene rings is 1. The van der Waals surface area contributed by atoms with Gasteiger partial charge in [0.2, 0.25) is 5.91 Å². The summed E-state index contributed by atoms with van der Waals surface area (Å²) in [5.41, 5.74) is 1.77. The van der Waals surface area contributed by atoms with Gasteiger partial charge in [0, 0.05) is 30.8 Å². The summed E-state index contributed by atoms with van der Waals surface area (Å²) in [6.07, 6.45) is 8.24. The number of aryl methyl sites for hydroxylation is 1. The smallest absolute Gasteiger partial charge is 0.258 e. The van der Waals surface area contributed by atoms with Gasteiger partial charge in [-0.2, -0.15) is 0 Å². The van der Waals surface area contributed by atoms with Gasteiger partial charge in [0.15, 0.2) is 5.78 Å². The summed E-state index contributed by atoms with van der Waals surface area (Å²) in [5, 5.41) is 8.17. The van der Waals surface area contributed by atoms with Gasteiger partial charge in [-0.25, -0.2) is 4.98 Å². The van der Waals surface area contributed by atoms with Crippen LogP contribution >= 0.6 is 0 Å². The fourth-order valence-electron chi connectivity index (χ4n) is 4.69. The summed E-state index contributed by atoms with van der Waals surface area (Å²) in [5.74, 6) is 1.03. The van der Waals surface area contributed by atoms with Crippen molar-refractivity contribution in [1.29, 1.82) is 0 Å². The second kappa shape index (κ2) is 13.2. The van der Waals surface area contributed by atoms with Crippen molar-refractivity contribution in [1.82, 2.24) is 29.9 Å². The van der Waals surface area contributed by atoms with E-state index in [1.807, 2.05) is 38.1 Å². The normalized spacial score (nSPS) is 12.1. The average Bonchev–Trinajstić information content (AvgIpc) is 3.64. The largest absolute Gasteiger partial charge is 0.496 e. The number of carbonyl (C=O) groups excluding carboxylic acids is 2. The maximum Gasteiger partial charge on any atom is 0.258 e. The number of nitrogens with one attached hydrogen (secondary N) is 2. The first-order valence-electron chi connectivity index (χ1n) is 13.4. The van der Waals surface area contributed by atoms with E-state index in [9.17, 15) is 14.4 Å². The highest BCUT2D eigenvalue weighted by atomic mass is 16.5. The number of aromatic nitrogens is 4. The highest BCUT2D eigenvalue weighted by Gasteiger charge is 2.20. The number of pyridine rings is 1. The minimum atomic E-state index is -0.337. The monoisotopic (exact) mass is 548 g/mol. The molecule has 0 fully saturated rings. The van der Waals surface area contributed by atoms with Crippen LogP contribution in [0.25, 0.3) is 22.0 Å². The van der Waals surface area contributed by atoms with Gasteiger partial charge < -0.3 is 29.0 Å². The number of nitrogens with zero attached hydrogens (tertiary/aromatic N) is 4. The van der Waals surface area contributed by atoms with Crippen LogP contribution in [-0.2, 0) is 11.3 Å². The zero-order valence-electron chi connectivity index (χ0n) is 23.4. The van der Waals surface area contributed by atoms with Crippen molar-refractivity contribution in [2.45, 2.75) is 51.6 Å². The third-order valence-electron chi connectivity index (χ3n) is 6.77. The Balaban J connectivity index is 1.51. The zero-order valence-corrected chi connectivity index (χ0v) is 23.4. The lowest BCUT2D eigenvalue weighted by Gasteiger charge is -2.18. The Kier molecular flexibility index (Phi) is 9.49. The van der Waals surface area contributed by atoms with Gasteiger partial charge in [-0.05, 0) is 57.4 Å². The SMILES string of the molecule is CCn1ccc2cc(-c3cnc([C@H](CCCCCC(=O)c4ccon4)NC(=O)CN(C)C)[nH]3)c(OC)cc2c1=O. The second-order valence-electron chi connectivity index (χ2n) is 9.99. The van der Waals surface area contributed by atoms with Crippen LogP contribution in [-0.4, -0.2) is 64.0 Å². The number of fused-ring (bicyclic) bond motifs is 1. The molecule has 1 amide bonds. The summed E-state index contributed by atoms with van der Waals surface area (Å²) < 4.78 is 12.0. The first kappa shape index (κ1) is 28.8. The number of amides is 1. The van der Waals surface area contributed by atoms with Gasteiger partial charge >= 0.3 is 0 Å². The van der Waals surface area contributed by atoms with Crippen molar-refractivity contribution in [2.75, 3.05) is 27.7 Å². The van der Waals surface area contributed by atoms with E-state index < -0.39 is 0 Å². The highest BCUT2D eigenvalue weighted by Crippen LogP contribution is 2.33. The molecule has 11 nitrogen and oxygen atoms in total. The number of rotatable bonds is 14. The number of methoxy groups -OCH3 is 1. The Morgan fingerprint density at radius 3 is 2.73 bits per heavy atom. The molecule has 0 bridgehead atoms. The molecule has 11 heteroatoms. The Morgan fingerprint density at radius 2 is 2.02 bits per heavy atom. The zero-order chi connectivity index (χ0) is 28.6. The number of unbranched alkanes of at least 4 members (excludes halogenated alkanes) is 2. The quantitative estimate of drug-likeness (QED) is 0.179. The topological polar surface area (TPSA) is 135 Å². The van der Waals surface area contributed by atoms with Gasteiger partial charge in [0.1, 0.15) is 23.5 Å². The predicted molar refractivity (Wildman–Crippen MR) is 151 cm³/mol. The molecule has 2 N–H and O–H groups in total. The van der Waals surface area contributed by atoms with Gasteiger partial charge in [-0.15, -0.1) is 0 Å². The molecule has 1 aromatic carbocycles. The minimum Gasteiger partial charge on any atom is -0.496 e. The van der Waals surface area contributed by atoms with Crippen molar-refractivity contribution in [2.24, 2.45) is 0 Å². The number of carbonyl (C=O) groups is 2. The number of aromatic amines is 1. The molecule has 4 rings (SSSR count). The third kappa shape index (κ3) is 6.84. The average molecular weight is 549 g/mol. The van der Waals surface area contributed by atoms with Gasteiger partial charge in [0.05, 0.1) is 37.0 Å². The lowest BCUT2D eigenvalue weighted by Crippen LogP contribution is -2.36. The van der Waals surface area contributed by atoms with Gasteiger partial charge in [0.25, 0.3) is 5.56 Å². The maximum atomic E-state index is 12.8. The molecule has 3 heterocycles. The number of H-pyrrole nitrogens is 1. The lowest BCUT2D eigenvalue weighted by atomic mass is 10.0. The summed E-state index contributed by atoms with van der Waals surface area (Å²) >= 11 is 0. The van der Waals surface area contributed by atoms with Crippen molar-refractivity contribution in [3.8, 4) is 17.0 Å². The Labute approximate surface area is 232 Å². The van der Waals surface area contributed by atoms with E-state index >= 15 is 0 Å². The molecule has 0 aliphatic carbocycles. The number of imidazole rings is 1. The molecule has 1 atom stereocenters. The molecule has 0 unspecified atom stereocenters. The van der Waals surface area contributed by atoms with Crippen molar-refractivity contribution in [3.05, 3.63) is 64.8 Å². The minimum absolute atomic E-state index is 0.0433. The fourth-order valence-corrected chi connectivity index (χ4v) is 4.69. The van der Waals surface area contributed by atoms with Crippen molar-refractivity contribution >= 4 is 22.5 Å². The molecule has 4 aromatic rings. The standard InChI is InChI=1S/C29H36N6O5/c1-5-35-13-11-19-15-21(26(39-4)16-20(19)29(35)38)24-17-30-28(32-24)23(31-27(37)18-34(2)3)9-7-6-8-10-25(36)22-12-14-40-33-22/h11-17,23H,5-10,18H2,1-4H3,(H,30,32)(H,31,37)/t23-/m0/s1. The van der Waals surface area contributed by atoms with Crippen LogP contribution in [0, 0.1) is 0 Å². The lowest BCUT2D eigenvalue weighted by molar-refractivity contribution is -0.122. The molecular weight excluding hydrogens is 512 g/mol.